The van der Waals surface area contributed by atoms with Gasteiger partial charge < -0.3 is 5.11 Å². The third-order valence-corrected chi connectivity index (χ3v) is 3.69. The minimum atomic E-state index is -1.71. The summed E-state index contributed by atoms with van der Waals surface area (Å²) >= 11 is 0. The summed E-state index contributed by atoms with van der Waals surface area (Å²) in [7, 11) is 0. The monoisotopic (exact) mass is 276 g/mol. The molecule has 1 nitrogen and oxygen atoms in total. The van der Waals surface area contributed by atoms with E-state index >= 15 is 0 Å². The fourth-order valence-electron chi connectivity index (χ4n) is 2.50. The molecule has 0 aromatic heterocycles. The van der Waals surface area contributed by atoms with Crippen molar-refractivity contribution in [2.24, 2.45) is 0 Å². The third kappa shape index (κ3) is 2.34. The van der Waals surface area contributed by atoms with Crippen LogP contribution in [0.25, 0.3) is 0 Å². The standard InChI is InChI=1S/C17H18F2O/c1-10-5-6-11(2)13(9-10)17(4,20)15-14(18)8-7-12(3)16(15)19/h5-9,20H,1-4H3. The molecule has 0 aliphatic carbocycles. The van der Waals surface area contributed by atoms with Crippen LogP contribution in [0.1, 0.15) is 34.7 Å². The molecule has 0 heterocycles. The molecule has 20 heavy (non-hydrogen) atoms. The molecular weight excluding hydrogens is 258 g/mol. The SMILES string of the molecule is Cc1ccc(C)c(C(C)(O)c2c(F)ccc(C)c2F)c1. The predicted molar refractivity (Wildman–Crippen MR) is 75.7 cm³/mol. The Kier molecular flexibility index (Phi) is 3.65. The molecule has 0 radical (unpaired) electrons. The Hall–Kier alpha value is -1.74. The van der Waals surface area contributed by atoms with Crippen molar-refractivity contribution in [2.45, 2.75) is 33.3 Å². The molecule has 0 aliphatic rings. The lowest BCUT2D eigenvalue weighted by Gasteiger charge is -2.28. The lowest BCUT2D eigenvalue weighted by molar-refractivity contribution is 0.0925. The van der Waals surface area contributed by atoms with Crippen LogP contribution >= 0.6 is 0 Å². The molecule has 0 spiro atoms. The highest BCUT2D eigenvalue weighted by Crippen LogP contribution is 2.35. The van der Waals surface area contributed by atoms with Gasteiger partial charge in [0, 0.05) is 0 Å². The molecule has 0 fully saturated rings. The number of aliphatic hydroxyl groups is 1. The second-order valence-corrected chi connectivity index (χ2v) is 5.44. The molecule has 0 saturated carbocycles. The summed E-state index contributed by atoms with van der Waals surface area (Å²) in [6, 6.07) is 8.06. The normalized spacial score (nSPS) is 14.2. The number of halogens is 2. The Morgan fingerprint density at radius 3 is 2.20 bits per heavy atom. The molecule has 2 rings (SSSR count). The highest BCUT2D eigenvalue weighted by molar-refractivity contribution is 5.44. The first kappa shape index (κ1) is 14.7. The number of aryl methyl sites for hydroxylation is 3. The maximum Gasteiger partial charge on any atom is 0.135 e. The Bertz CT molecular complexity index is 660. The molecule has 2 aromatic rings. The minimum absolute atomic E-state index is 0.300. The van der Waals surface area contributed by atoms with Crippen LogP contribution < -0.4 is 0 Å². The summed E-state index contributed by atoms with van der Waals surface area (Å²) in [5.74, 6) is -1.44. The van der Waals surface area contributed by atoms with Crippen molar-refractivity contribution in [2.75, 3.05) is 0 Å². The third-order valence-electron chi connectivity index (χ3n) is 3.69. The van der Waals surface area contributed by atoms with Crippen molar-refractivity contribution >= 4 is 0 Å². The van der Waals surface area contributed by atoms with Crippen LogP contribution in [0.5, 0.6) is 0 Å². The molecule has 0 amide bonds. The average Bonchev–Trinajstić information content (AvgIpc) is 2.37. The van der Waals surface area contributed by atoms with Crippen molar-refractivity contribution in [1.29, 1.82) is 0 Å². The minimum Gasteiger partial charge on any atom is -0.380 e. The van der Waals surface area contributed by atoms with Gasteiger partial charge in [-0.3, -0.25) is 0 Å². The molecule has 1 atom stereocenters. The van der Waals surface area contributed by atoms with Crippen LogP contribution in [0.2, 0.25) is 0 Å². The van der Waals surface area contributed by atoms with Crippen LogP contribution in [-0.2, 0) is 5.60 Å². The largest absolute Gasteiger partial charge is 0.380 e. The van der Waals surface area contributed by atoms with Gasteiger partial charge in [-0.05, 0) is 50.5 Å². The van der Waals surface area contributed by atoms with Gasteiger partial charge in [-0.1, -0.05) is 29.8 Å². The van der Waals surface area contributed by atoms with E-state index in [0.717, 1.165) is 11.1 Å². The zero-order chi connectivity index (χ0) is 15.1. The smallest absolute Gasteiger partial charge is 0.135 e. The summed E-state index contributed by atoms with van der Waals surface area (Å²) in [4.78, 5) is 0. The van der Waals surface area contributed by atoms with E-state index in [-0.39, 0.29) is 5.56 Å². The second-order valence-electron chi connectivity index (χ2n) is 5.44. The second kappa shape index (κ2) is 4.98. The summed E-state index contributed by atoms with van der Waals surface area (Å²) in [6.07, 6.45) is 0. The van der Waals surface area contributed by atoms with Crippen LogP contribution in [0, 0.1) is 32.4 Å². The molecule has 3 heteroatoms. The number of hydrogen-bond acceptors (Lipinski definition) is 1. The van der Waals surface area contributed by atoms with E-state index in [1.807, 2.05) is 26.0 Å². The number of hydrogen-bond donors (Lipinski definition) is 1. The molecule has 0 saturated heterocycles. The summed E-state index contributed by atoms with van der Waals surface area (Å²) in [5, 5.41) is 10.8. The van der Waals surface area contributed by atoms with Crippen molar-refractivity contribution in [3.63, 3.8) is 0 Å². The van der Waals surface area contributed by atoms with Gasteiger partial charge >= 0.3 is 0 Å². The van der Waals surface area contributed by atoms with E-state index in [1.165, 1.54) is 19.1 Å². The fourth-order valence-corrected chi connectivity index (χ4v) is 2.50. The molecule has 1 N–H and O–H groups in total. The van der Waals surface area contributed by atoms with E-state index in [1.54, 1.807) is 13.0 Å². The Labute approximate surface area is 117 Å². The van der Waals surface area contributed by atoms with Gasteiger partial charge in [-0.15, -0.1) is 0 Å². The zero-order valence-electron chi connectivity index (χ0n) is 12.1. The lowest BCUT2D eigenvalue weighted by atomic mass is 9.83. The van der Waals surface area contributed by atoms with Crippen LogP contribution in [0.4, 0.5) is 8.78 Å². The maximum atomic E-state index is 14.3. The Morgan fingerprint density at radius 2 is 1.55 bits per heavy atom. The van der Waals surface area contributed by atoms with Gasteiger partial charge in [-0.2, -0.15) is 0 Å². The first-order chi connectivity index (χ1) is 9.25. The van der Waals surface area contributed by atoms with E-state index < -0.39 is 17.2 Å². The van der Waals surface area contributed by atoms with Crippen LogP contribution in [0.15, 0.2) is 30.3 Å². The van der Waals surface area contributed by atoms with Crippen molar-refractivity contribution in [1.82, 2.24) is 0 Å². The summed E-state index contributed by atoms with van der Waals surface area (Å²) in [6.45, 7) is 6.67. The first-order valence-corrected chi connectivity index (χ1v) is 6.50. The molecule has 2 aromatic carbocycles. The van der Waals surface area contributed by atoms with Crippen molar-refractivity contribution in [3.05, 3.63) is 69.8 Å². The molecular formula is C17H18F2O. The molecule has 1 unspecified atom stereocenters. The van der Waals surface area contributed by atoms with Gasteiger partial charge in [0.25, 0.3) is 0 Å². The summed E-state index contributed by atoms with van der Waals surface area (Å²) < 4.78 is 28.3. The first-order valence-electron chi connectivity index (χ1n) is 6.50. The van der Waals surface area contributed by atoms with Gasteiger partial charge in [0.2, 0.25) is 0 Å². The highest BCUT2D eigenvalue weighted by atomic mass is 19.1. The van der Waals surface area contributed by atoms with Crippen LogP contribution in [0.3, 0.4) is 0 Å². The van der Waals surface area contributed by atoms with Crippen LogP contribution in [-0.4, -0.2) is 5.11 Å². The predicted octanol–water partition coefficient (Wildman–Crippen LogP) is 4.15. The maximum absolute atomic E-state index is 14.3. The van der Waals surface area contributed by atoms with Gasteiger partial charge in [-0.25, -0.2) is 8.78 Å². The zero-order valence-corrected chi connectivity index (χ0v) is 12.1. The van der Waals surface area contributed by atoms with Crippen molar-refractivity contribution < 1.29 is 13.9 Å². The highest BCUT2D eigenvalue weighted by Gasteiger charge is 2.34. The fraction of sp³-hybridized carbons (Fsp3) is 0.294. The molecule has 0 aliphatic heterocycles. The lowest BCUT2D eigenvalue weighted by Crippen LogP contribution is -2.27. The van der Waals surface area contributed by atoms with Gasteiger partial charge in [0.1, 0.15) is 17.2 Å². The van der Waals surface area contributed by atoms with E-state index in [9.17, 15) is 13.9 Å². The van der Waals surface area contributed by atoms with E-state index in [2.05, 4.69) is 0 Å². The number of rotatable bonds is 2. The quantitative estimate of drug-likeness (QED) is 0.873. The Balaban J connectivity index is 2.73. The summed E-state index contributed by atoms with van der Waals surface area (Å²) in [5.41, 5.74) is 0.537. The molecule has 0 bridgehead atoms. The topological polar surface area (TPSA) is 20.2 Å². The van der Waals surface area contributed by atoms with Gasteiger partial charge in [0.05, 0.1) is 5.56 Å². The van der Waals surface area contributed by atoms with Gasteiger partial charge in [0.15, 0.2) is 0 Å². The van der Waals surface area contributed by atoms with Crippen molar-refractivity contribution in [3.8, 4) is 0 Å². The molecule has 106 valence electrons. The average molecular weight is 276 g/mol. The van der Waals surface area contributed by atoms with E-state index in [0.29, 0.717) is 11.1 Å². The number of benzene rings is 2. The van der Waals surface area contributed by atoms with E-state index in [4.69, 9.17) is 0 Å². The Morgan fingerprint density at radius 1 is 0.950 bits per heavy atom.